The zero-order chi connectivity index (χ0) is 13.0. The highest BCUT2D eigenvalue weighted by Gasteiger charge is 2.31. The van der Waals surface area contributed by atoms with E-state index in [2.05, 4.69) is 36.5 Å². The second kappa shape index (κ2) is 6.64. The zero-order valence-corrected chi connectivity index (χ0v) is 12.4. The lowest BCUT2D eigenvalue weighted by atomic mass is 9.90. The number of rotatable bonds is 6. The number of thiazole rings is 1. The summed E-state index contributed by atoms with van der Waals surface area (Å²) >= 11 is 1.74. The Kier molecular flexibility index (Phi) is 5.15. The van der Waals surface area contributed by atoms with Crippen LogP contribution in [0, 0.1) is 12.8 Å². The van der Waals surface area contributed by atoms with Crippen LogP contribution in [0.25, 0.3) is 0 Å². The van der Waals surface area contributed by atoms with Gasteiger partial charge in [0, 0.05) is 30.4 Å². The van der Waals surface area contributed by atoms with Crippen molar-refractivity contribution in [1.29, 1.82) is 0 Å². The molecule has 0 saturated carbocycles. The fraction of sp³-hybridized carbons (Fsp3) is 0.786. The molecule has 0 radical (unpaired) electrons. The highest BCUT2D eigenvalue weighted by Crippen LogP contribution is 2.26. The van der Waals surface area contributed by atoms with Gasteiger partial charge in [0.2, 0.25) is 0 Å². The summed E-state index contributed by atoms with van der Waals surface area (Å²) < 4.78 is 5.71. The summed E-state index contributed by atoms with van der Waals surface area (Å²) in [4.78, 5) is 4.59. The lowest BCUT2D eigenvalue weighted by Crippen LogP contribution is -2.41. The molecule has 0 aromatic carbocycles. The molecular weight excluding hydrogens is 244 g/mol. The number of ether oxygens (including phenoxy) is 1. The minimum absolute atomic E-state index is 0.374. The highest BCUT2D eigenvalue weighted by molar-refractivity contribution is 7.09. The predicted octanol–water partition coefficient (Wildman–Crippen LogP) is 2.79. The first-order valence-electron chi connectivity index (χ1n) is 6.96. The van der Waals surface area contributed by atoms with Crippen molar-refractivity contribution in [2.24, 2.45) is 5.92 Å². The number of aromatic nitrogens is 1. The largest absolute Gasteiger partial charge is 0.378 e. The van der Waals surface area contributed by atoms with Crippen LogP contribution in [0.5, 0.6) is 0 Å². The maximum atomic E-state index is 5.71. The molecule has 2 heterocycles. The monoisotopic (exact) mass is 268 g/mol. The topological polar surface area (TPSA) is 34.2 Å². The van der Waals surface area contributed by atoms with E-state index in [1.165, 1.54) is 18.5 Å². The van der Waals surface area contributed by atoms with Gasteiger partial charge in [-0.15, -0.1) is 11.3 Å². The molecule has 0 amide bonds. The van der Waals surface area contributed by atoms with Gasteiger partial charge in [-0.25, -0.2) is 4.98 Å². The highest BCUT2D eigenvalue weighted by atomic mass is 32.1. The Labute approximate surface area is 114 Å². The Morgan fingerprint density at radius 1 is 1.61 bits per heavy atom. The standard InChI is InChI=1S/C14H24N2OS/c1-4-6-15-14(13-5-7-17-10(13)2)8-12-9-18-11(3)16-12/h9-10,13-15H,4-8H2,1-3H3. The van der Waals surface area contributed by atoms with Crippen LogP contribution < -0.4 is 5.32 Å². The number of nitrogens with one attached hydrogen (secondary N) is 1. The van der Waals surface area contributed by atoms with Crippen molar-refractivity contribution in [2.45, 2.75) is 52.2 Å². The van der Waals surface area contributed by atoms with Gasteiger partial charge in [0.05, 0.1) is 16.8 Å². The van der Waals surface area contributed by atoms with E-state index in [1.807, 2.05) is 0 Å². The average Bonchev–Trinajstić information content (AvgIpc) is 2.93. The molecule has 1 aromatic rings. The lowest BCUT2D eigenvalue weighted by Gasteiger charge is -2.26. The zero-order valence-electron chi connectivity index (χ0n) is 11.6. The molecule has 3 unspecified atom stereocenters. The van der Waals surface area contributed by atoms with E-state index in [0.717, 1.165) is 24.6 Å². The van der Waals surface area contributed by atoms with Crippen LogP contribution in [0.15, 0.2) is 5.38 Å². The smallest absolute Gasteiger partial charge is 0.0897 e. The molecule has 1 aromatic heterocycles. The number of hydrogen-bond donors (Lipinski definition) is 1. The van der Waals surface area contributed by atoms with Crippen molar-refractivity contribution >= 4 is 11.3 Å². The molecule has 1 saturated heterocycles. The maximum absolute atomic E-state index is 5.71. The number of hydrogen-bond acceptors (Lipinski definition) is 4. The van der Waals surface area contributed by atoms with E-state index >= 15 is 0 Å². The van der Waals surface area contributed by atoms with Crippen molar-refractivity contribution in [3.63, 3.8) is 0 Å². The third-order valence-corrected chi connectivity index (χ3v) is 4.53. The summed E-state index contributed by atoms with van der Waals surface area (Å²) in [6, 6.07) is 0.504. The minimum Gasteiger partial charge on any atom is -0.378 e. The van der Waals surface area contributed by atoms with Crippen LogP contribution in [0.1, 0.15) is 37.4 Å². The number of aryl methyl sites for hydroxylation is 1. The maximum Gasteiger partial charge on any atom is 0.0897 e. The Bertz CT molecular complexity index is 366. The van der Waals surface area contributed by atoms with Crippen LogP contribution in [0.4, 0.5) is 0 Å². The van der Waals surface area contributed by atoms with Crippen molar-refractivity contribution < 1.29 is 4.74 Å². The molecular formula is C14H24N2OS. The molecule has 1 N–H and O–H groups in total. The Morgan fingerprint density at radius 3 is 3.00 bits per heavy atom. The second-order valence-electron chi connectivity index (χ2n) is 5.15. The average molecular weight is 268 g/mol. The van der Waals surface area contributed by atoms with Crippen molar-refractivity contribution in [3.8, 4) is 0 Å². The Morgan fingerprint density at radius 2 is 2.44 bits per heavy atom. The molecule has 4 heteroatoms. The van der Waals surface area contributed by atoms with E-state index in [-0.39, 0.29) is 0 Å². The lowest BCUT2D eigenvalue weighted by molar-refractivity contribution is 0.0953. The molecule has 0 aliphatic carbocycles. The molecule has 2 rings (SSSR count). The van der Waals surface area contributed by atoms with Crippen LogP contribution >= 0.6 is 11.3 Å². The van der Waals surface area contributed by atoms with Crippen LogP contribution in [-0.4, -0.2) is 30.3 Å². The quantitative estimate of drug-likeness (QED) is 0.861. The third kappa shape index (κ3) is 3.53. The molecule has 3 nitrogen and oxygen atoms in total. The fourth-order valence-electron chi connectivity index (χ4n) is 2.71. The van der Waals surface area contributed by atoms with Gasteiger partial charge in [-0.2, -0.15) is 0 Å². The van der Waals surface area contributed by atoms with Crippen molar-refractivity contribution in [3.05, 3.63) is 16.1 Å². The van der Waals surface area contributed by atoms with E-state index < -0.39 is 0 Å². The van der Waals surface area contributed by atoms with Crippen LogP contribution in [0.2, 0.25) is 0 Å². The second-order valence-corrected chi connectivity index (χ2v) is 6.21. The van der Waals surface area contributed by atoms with Gasteiger partial charge < -0.3 is 10.1 Å². The third-order valence-electron chi connectivity index (χ3n) is 3.70. The van der Waals surface area contributed by atoms with E-state index in [4.69, 9.17) is 4.74 Å². The molecule has 1 fully saturated rings. The predicted molar refractivity (Wildman–Crippen MR) is 76.2 cm³/mol. The molecule has 1 aliphatic heterocycles. The first-order chi connectivity index (χ1) is 8.70. The fourth-order valence-corrected chi connectivity index (χ4v) is 3.33. The summed E-state index contributed by atoms with van der Waals surface area (Å²) in [7, 11) is 0. The Balaban J connectivity index is 2.00. The molecule has 0 spiro atoms. The van der Waals surface area contributed by atoms with Gasteiger partial charge in [-0.1, -0.05) is 6.92 Å². The van der Waals surface area contributed by atoms with E-state index in [1.54, 1.807) is 11.3 Å². The molecule has 0 bridgehead atoms. The minimum atomic E-state index is 0.374. The van der Waals surface area contributed by atoms with E-state index in [9.17, 15) is 0 Å². The molecule has 18 heavy (non-hydrogen) atoms. The van der Waals surface area contributed by atoms with Gasteiger partial charge in [0.1, 0.15) is 0 Å². The van der Waals surface area contributed by atoms with Gasteiger partial charge >= 0.3 is 0 Å². The van der Waals surface area contributed by atoms with Crippen LogP contribution in [-0.2, 0) is 11.2 Å². The van der Waals surface area contributed by atoms with Gasteiger partial charge in [-0.3, -0.25) is 0 Å². The SMILES string of the molecule is CCCNC(Cc1csc(C)n1)C1CCOC1C. The summed E-state index contributed by atoms with van der Waals surface area (Å²) in [5, 5.41) is 7.04. The Hall–Kier alpha value is -0.450. The molecule has 102 valence electrons. The first-order valence-corrected chi connectivity index (χ1v) is 7.84. The van der Waals surface area contributed by atoms with Crippen molar-refractivity contribution in [2.75, 3.05) is 13.2 Å². The van der Waals surface area contributed by atoms with Crippen LogP contribution in [0.3, 0.4) is 0 Å². The normalized spacial score (nSPS) is 25.5. The van der Waals surface area contributed by atoms with Gasteiger partial charge in [0.15, 0.2) is 0 Å². The summed E-state index contributed by atoms with van der Waals surface area (Å²) in [6.45, 7) is 8.48. The molecule has 3 atom stereocenters. The first kappa shape index (κ1) is 14.0. The summed E-state index contributed by atoms with van der Waals surface area (Å²) in [5.41, 5.74) is 1.23. The molecule has 1 aliphatic rings. The summed E-state index contributed by atoms with van der Waals surface area (Å²) in [5.74, 6) is 0.624. The van der Waals surface area contributed by atoms with Gasteiger partial charge in [-0.05, 0) is 33.2 Å². The number of nitrogens with zero attached hydrogens (tertiary/aromatic N) is 1. The summed E-state index contributed by atoms with van der Waals surface area (Å²) in [6.07, 6.45) is 3.75. The van der Waals surface area contributed by atoms with Gasteiger partial charge in [0.25, 0.3) is 0 Å². The van der Waals surface area contributed by atoms with Crippen molar-refractivity contribution in [1.82, 2.24) is 10.3 Å². The van der Waals surface area contributed by atoms with E-state index in [0.29, 0.717) is 18.1 Å².